The van der Waals surface area contributed by atoms with Crippen molar-refractivity contribution in [3.05, 3.63) is 57.9 Å². The minimum atomic E-state index is -4.01. The lowest BCUT2D eigenvalue weighted by molar-refractivity contribution is -0.386. The first-order valence-electron chi connectivity index (χ1n) is 8.08. The molecule has 2 rings (SSSR count). The molecule has 9 nitrogen and oxygen atoms in total. The molecule has 28 heavy (non-hydrogen) atoms. The minimum Gasteiger partial charge on any atom is -0.493 e. The summed E-state index contributed by atoms with van der Waals surface area (Å²) in [6.07, 6.45) is 1.73. The van der Waals surface area contributed by atoms with Crippen LogP contribution in [0.1, 0.15) is 18.9 Å². The number of ether oxygens (including phenoxy) is 2. The van der Waals surface area contributed by atoms with Crippen LogP contribution in [0.2, 0.25) is 0 Å². The molecular formula is C17H18FN3O6S. The summed E-state index contributed by atoms with van der Waals surface area (Å²) in [6, 6.07) is 6.78. The number of sulfonamides is 1. The van der Waals surface area contributed by atoms with Gasteiger partial charge in [-0.05, 0) is 36.8 Å². The molecule has 2 aromatic carbocycles. The molecule has 0 saturated heterocycles. The Morgan fingerprint density at radius 2 is 1.96 bits per heavy atom. The van der Waals surface area contributed by atoms with Crippen LogP contribution in [0, 0.1) is 15.9 Å². The van der Waals surface area contributed by atoms with E-state index in [2.05, 4.69) is 5.10 Å². The minimum absolute atomic E-state index is 0.0154. The fourth-order valence-electron chi connectivity index (χ4n) is 2.16. The highest BCUT2D eigenvalue weighted by Crippen LogP contribution is 2.38. The van der Waals surface area contributed by atoms with Crippen LogP contribution < -0.4 is 14.3 Å². The molecule has 150 valence electrons. The van der Waals surface area contributed by atoms with Gasteiger partial charge in [0.15, 0.2) is 5.75 Å². The largest absolute Gasteiger partial charge is 0.493 e. The zero-order valence-electron chi connectivity index (χ0n) is 15.1. The van der Waals surface area contributed by atoms with Crippen molar-refractivity contribution in [1.29, 1.82) is 0 Å². The number of hydrogen-bond acceptors (Lipinski definition) is 7. The molecular weight excluding hydrogens is 393 g/mol. The maximum Gasteiger partial charge on any atom is 0.315 e. The number of halogens is 1. The first-order valence-corrected chi connectivity index (χ1v) is 9.56. The Hall–Kier alpha value is -3.21. The van der Waals surface area contributed by atoms with Crippen LogP contribution in [-0.2, 0) is 10.0 Å². The molecule has 0 aliphatic carbocycles. The van der Waals surface area contributed by atoms with Gasteiger partial charge in [-0.15, -0.1) is 0 Å². The third-order valence-electron chi connectivity index (χ3n) is 3.44. The van der Waals surface area contributed by atoms with E-state index in [4.69, 9.17) is 9.47 Å². The number of hydrogen-bond donors (Lipinski definition) is 1. The highest BCUT2D eigenvalue weighted by molar-refractivity contribution is 7.89. The molecule has 11 heteroatoms. The van der Waals surface area contributed by atoms with E-state index in [-0.39, 0.29) is 34.3 Å². The molecule has 0 bridgehead atoms. The molecule has 0 heterocycles. The zero-order valence-corrected chi connectivity index (χ0v) is 15.9. The maximum atomic E-state index is 12.9. The Morgan fingerprint density at radius 3 is 2.54 bits per heavy atom. The summed E-state index contributed by atoms with van der Waals surface area (Å²) >= 11 is 0. The van der Waals surface area contributed by atoms with E-state index in [1.54, 1.807) is 0 Å². The van der Waals surface area contributed by atoms with Gasteiger partial charge in [-0.1, -0.05) is 6.92 Å². The number of benzene rings is 2. The maximum absolute atomic E-state index is 12.9. The van der Waals surface area contributed by atoms with Crippen molar-refractivity contribution >= 4 is 21.9 Å². The van der Waals surface area contributed by atoms with E-state index in [0.717, 1.165) is 30.5 Å². The van der Waals surface area contributed by atoms with Crippen molar-refractivity contribution in [3.8, 4) is 11.5 Å². The molecule has 0 radical (unpaired) electrons. The van der Waals surface area contributed by atoms with Crippen molar-refractivity contribution in [2.45, 2.75) is 18.2 Å². The van der Waals surface area contributed by atoms with Crippen LogP contribution in [-0.4, -0.2) is 33.3 Å². The Labute approximate surface area is 161 Å². The van der Waals surface area contributed by atoms with Crippen LogP contribution in [0.15, 0.2) is 46.4 Å². The van der Waals surface area contributed by atoms with Crippen LogP contribution in [0.4, 0.5) is 10.1 Å². The number of rotatable bonds is 9. The molecule has 0 atom stereocenters. The van der Waals surface area contributed by atoms with Crippen molar-refractivity contribution in [3.63, 3.8) is 0 Å². The predicted molar refractivity (Wildman–Crippen MR) is 99.7 cm³/mol. The van der Waals surface area contributed by atoms with Crippen LogP contribution in [0.25, 0.3) is 0 Å². The van der Waals surface area contributed by atoms with Crippen LogP contribution in [0.5, 0.6) is 11.5 Å². The summed E-state index contributed by atoms with van der Waals surface area (Å²) in [5.74, 6) is -0.476. The highest BCUT2D eigenvalue weighted by Gasteiger charge is 2.22. The lowest BCUT2D eigenvalue weighted by Crippen LogP contribution is -2.18. The zero-order chi connectivity index (χ0) is 20.7. The van der Waals surface area contributed by atoms with E-state index < -0.39 is 20.8 Å². The molecule has 0 saturated carbocycles. The van der Waals surface area contributed by atoms with Crippen molar-refractivity contribution in [1.82, 2.24) is 4.83 Å². The topological polar surface area (TPSA) is 120 Å². The van der Waals surface area contributed by atoms with Gasteiger partial charge < -0.3 is 9.47 Å². The summed E-state index contributed by atoms with van der Waals surface area (Å²) in [5.41, 5.74) is -0.121. The summed E-state index contributed by atoms with van der Waals surface area (Å²) in [5, 5.41) is 14.9. The number of hydrazone groups is 1. The number of methoxy groups -OCH3 is 1. The monoisotopic (exact) mass is 411 g/mol. The van der Waals surface area contributed by atoms with Gasteiger partial charge in [-0.25, -0.2) is 9.22 Å². The Kier molecular flexibility index (Phi) is 6.88. The van der Waals surface area contributed by atoms with Gasteiger partial charge in [-0.3, -0.25) is 10.1 Å². The van der Waals surface area contributed by atoms with Crippen molar-refractivity contribution in [2.24, 2.45) is 5.10 Å². The Balaban J connectivity index is 2.28. The molecule has 2 aromatic rings. The smallest absolute Gasteiger partial charge is 0.315 e. The molecule has 0 spiro atoms. The lowest BCUT2D eigenvalue weighted by atomic mass is 10.2. The highest BCUT2D eigenvalue weighted by atomic mass is 32.2. The van der Waals surface area contributed by atoms with Gasteiger partial charge in [0.05, 0.1) is 29.8 Å². The molecule has 0 amide bonds. The van der Waals surface area contributed by atoms with Crippen molar-refractivity contribution < 1.29 is 27.2 Å². The number of nitrogens with one attached hydrogen (secondary N) is 1. The average Bonchev–Trinajstić information content (AvgIpc) is 2.66. The first kappa shape index (κ1) is 21.1. The van der Waals surface area contributed by atoms with E-state index in [1.165, 1.54) is 19.2 Å². The first-order chi connectivity index (χ1) is 13.3. The van der Waals surface area contributed by atoms with Gasteiger partial charge in [0.1, 0.15) is 5.82 Å². The summed E-state index contributed by atoms with van der Waals surface area (Å²) in [4.78, 5) is 12.5. The molecule has 0 unspecified atom stereocenters. The third-order valence-corrected chi connectivity index (χ3v) is 4.67. The van der Waals surface area contributed by atoms with Gasteiger partial charge >= 0.3 is 5.69 Å². The molecule has 0 aliphatic rings. The van der Waals surface area contributed by atoms with Crippen LogP contribution >= 0.6 is 0 Å². The average molecular weight is 411 g/mol. The van der Waals surface area contributed by atoms with Crippen molar-refractivity contribution in [2.75, 3.05) is 13.7 Å². The molecule has 1 N–H and O–H groups in total. The fraction of sp³-hybridized carbons (Fsp3) is 0.235. The SMILES string of the molecule is CCCOc1c(OC)cc(/C=N/NS(=O)(=O)c2ccc(F)cc2)cc1[N+](=O)[O-]. The number of nitro groups is 1. The second kappa shape index (κ2) is 9.13. The van der Waals surface area contributed by atoms with E-state index in [9.17, 15) is 22.9 Å². The van der Waals surface area contributed by atoms with Crippen LogP contribution in [0.3, 0.4) is 0 Å². The predicted octanol–water partition coefficient (Wildman–Crippen LogP) is 2.84. The second-order valence-electron chi connectivity index (χ2n) is 5.48. The second-order valence-corrected chi connectivity index (χ2v) is 7.14. The van der Waals surface area contributed by atoms with Gasteiger partial charge in [0, 0.05) is 11.6 Å². The van der Waals surface area contributed by atoms with E-state index in [1.807, 2.05) is 11.8 Å². The summed E-state index contributed by atoms with van der Waals surface area (Å²) < 4.78 is 47.7. The van der Waals surface area contributed by atoms with E-state index >= 15 is 0 Å². The molecule has 0 aromatic heterocycles. The lowest BCUT2D eigenvalue weighted by Gasteiger charge is -2.11. The molecule has 0 aliphatic heterocycles. The number of nitrogens with zero attached hydrogens (tertiary/aromatic N) is 2. The third kappa shape index (κ3) is 5.16. The fourth-order valence-corrected chi connectivity index (χ4v) is 2.95. The summed E-state index contributed by atoms with van der Waals surface area (Å²) in [6.45, 7) is 2.12. The molecule has 0 fully saturated rings. The van der Waals surface area contributed by atoms with Gasteiger partial charge in [0.25, 0.3) is 10.0 Å². The number of nitro benzene ring substituents is 1. The normalized spacial score (nSPS) is 11.4. The Bertz CT molecular complexity index is 977. The van der Waals surface area contributed by atoms with Gasteiger partial charge in [0.2, 0.25) is 5.75 Å². The Morgan fingerprint density at radius 1 is 1.29 bits per heavy atom. The quantitative estimate of drug-likeness (QED) is 0.385. The summed E-state index contributed by atoms with van der Waals surface area (Å²) in [7, 11) is -2.68. The van der Waals surface area contributed by atoms with Gasteiger partial charge in [-0.2, -0.15) is 13.5 Å². The standard InChI is InChI=1S/C17H18FN3O6S/c1-3-8-27-17-15(21(22)23)9-12(10-16(17)26-2)11-19-20-28(24,25)14-6-4-13(18)5-7-14/h4-7,9-11,20H,3,8H2,1-2H3/b19-11+. The van der Waals surface area contributed by atoms with E-state index in [0.29, 0.717) is 6.42 Å².